The van der Waals surface area contributed by atoms with E-state index in [1.165, 1.54) is 57.6 Å². The number of carbonyl (C=O) groups excluding carboxylic acids is 3. The Hall–Kier alpha value is -4.47. The molecule has 0 spiro atoms. The zero-order chi connectivity index (χ0) is 47.3. The number of methoxy groups -OCH3 is 1. The van der Waals surface area contributed by atoms with Gasteiger partial charge in [-0.05, 0) is 106 Å². The normalized spacial score (nSPS) is 29.3. The molecule has 1 aliphatic carbocycles. The SMILES string of the molecule is CC[C@H]1/C2=C\[C@H]3NC4=C(C5N/C(=C/c6[nH]c(c(C(C)=O)c6C)/C=C(\N2)[C@@H]1C)[C@@H](C)[C@@H]5CCC(=O)OC/C=C(\C)CCC[C@@H](C)CCC[C@@H](C)CCCC(C)C)[C@@H](C(=O)OC)C(O)=C4C3C. The number of hydrogen-bond donors (Lipinski definition) is 5. The molecule has 2 unspecified atom stereocenters. The molecule has 1 aromatic rings. The lowest BCUT2D eigenvalue weighted by atomic mass is 9.80. The molecular formula is C55H82N4O6. The van der Waals surface area contributed by atoms with E-state index >= 15 is 0 Å². The molecule has 1 aromatic heterocycles. The number of aromatic amines is 1. The summed E-state index contributed by atoms with van der Waals surface area (Å²) in [6.07, 6.45) is 21.4. The molecule has 10 atom stereocenters. The summed E-state index contributed by atoms with van der Waals surface area (Å²) in [7, 11) is 1.36. The maximum atomic E-state index is 13.7. The number of esters is 2. The van der Waals surface area contributed by atoms with Gasteiger partial charge in [-0.1, -0.05) is 106 Å². The largest absolute Gasteiger partial charge is 0.511 e. The molecule has 0 aromatic carbocycles. The topological polar surface area (TPSA) is 142 Å². The Labute approximate surface area is 390 Å². The monoisotopic (exact) mass is 895 g/mol. The van der Waals surface area contributed by atoms with Gasteiger partial charge >= 0.3 is 11.9 Å². The van der Waals surface area contributed by atoms with Crippen LogP contribution in [0.2, 0.25) is 0 Å². The lowest BCUT2D eigenvalue weighted by molar-refractivity contribution is -0.144. The number of nitrogens with one attached hydrogen (secondary N) is 4. The van der Waals surface area contributed by atoms with Crippen molar-refractivity contribution < 1.29 is 29.0 Å². The van der Waals surface area contributed by atoms with E-state index in [2.05, 4.69) is 101 Å². The van der Waals surface area contributed by atoms with Gasteiger partial charge < -0.3 is 35.5 Å². The van der Waals surface area contributed by atoms with Crippen molar-refractivity contribution in [2.75, 3.05) is 13.7 Å². The third-order valence-electron chi connectivity index (χ3n) is 15.7. The average Bonchev–Trinajstić information content (AvgIpc) is 4.00. The number of H-pyrrole nitrogens is 1. The molecule has 10 nitrogen and oxygen atoms in total. The zero-order valence-corrected chi connectivity index (χ0v) is 41.8. The highest BCUT2D eigenvalue weighted by Gasteiger charge is 2.52. The van der Waals surface area contributed by atoms with Crippen LogP contribution < -0.4 is 16.0 Å². The molecule has 6 rings (SSSR count). The summed E-state index contributed by atoms with van der Waals surface area (Å²) >= 11 is 0. The van der Waals surface area contributed by atoms with Gasteiger partial charge in [0.25, 0.3) is 0 Å². The van der Waals surface area contributed by atoms with Crippen LogP contribution >= 0.6 is 0 Å². The summed E-state index contributed by atoms with van der Waals surface area (Å²) in [5.74, 6) is 0.664. The quantitative estimate of drug-likeness (QED) is 0.0491. The number of rotatable bonds is 20. The summed E-state index contributed by atoms with van der Waals surface area (Å²) < 4.78 is 11.2. The van der Waals surface area contributed by atoms with Crippen LogP contribution in [0.15, 0.2) is 57.4 Å². The van der Waals surface area contributed by atoms with Gasteiger partial charge in [0.05, 0.1) is 24.9 Å². The Kier molecular flexibility index (Phi) is 16.8. The first-order valence-corrected chi connectivity index (χ1v) is 25.2. The van der Waals surface area contributed by atoms with Crippen LogP contribution in [0, 0.1) is 60.2 Å². The molecule has 0 amide bonds. The van der Waals surface area contributed by atoms with Gasteiger partial charge in [-0.2, -0.15) is 0 Å². The number of ketones is 1. The van der Waals surface area contributed by atoms with E-state index in [4.69, 9.17) is 9.47 Å². The molecule has 4 aliphatic heterocycles. The van der Waals surface area contributed by atoms with Crippen LogP contribution in [0.4, 0.5) is 0 Å². The highest BCUT2D eigenvalue weighted by atomic mass is 16.5. The van der Waals surface area contributed by atoms with Crippen molar-refractivity contribution in [3.63, 3.8) is 0 Å². The number of aliphatic hydroxyl groups is 1. The van der Waals surface area contributed by atoms with Crippen molar-refractivity contribution in [3.8, 4) is 0 Å². The van der Waals surface area contributed by atoms with Gasteiger partial charge in [-0.25, -0.2) is 0 Å². The van der Waals surface area contributed by atoms with Crippen LogP contribution in [0.5, 0.6) is 0 Å². The summed E-state index contributed by atoms with van der Waals surface area (Å²) in [6.45, 7) is 24.1. The van der Waals surface area contributed by atoms with E-state index < -0.39 is 17.9 Å². The van der Waals surface area contributed by atoms with Crippen LogP contribution in [0.1, 0.15) is 174 Å². The molecule has 0 saturated carbocycles. The Bertz CT molecular complexity index is 2110. The number of aliphatic hydroxyl groups excluding tert-OH is 1. The lowest BCUT2D eigenvalue weighted by Crippen LogP contribution is -2.38. The summed E-state index contributed by atoms with van der Waals surface area (Å²) in [6, 6.07) is -0.560. The standard InChI is InChI=1S/C55H82N4O6/c1-13-39-34(7)41-29-46-48(38(11)60)36(9)43(57-46)27-42-35(8)40(52(58-42)50-51(55(63)64-12)54(62)49-37(10)44(59-53(49)50)28-45(39)56-41)23-24-47(61)65-26-25-33(6)22-16-21-32(5)20-15-19-31(4)18-14-17-30(2)3/h25,27-32,34-35,37,39-40,44,51-52,56-59,62H,13-24,26H2,1-12H3/b33-25+,41-29-,42-27+,45-28+/t31-,32-,34+,35-,37?,39+,40-,44+,51+,52?/m0/s1. The number of hydrogen-bond acceptors (Lipinski definition) is 9. The number of aromatic nitrogens is 1. The second-order valence-corrected chi connectivity index (χ2v) is 21.0. The molecule has 358 valence electrons. The first-order chi connectivity index (χ1) is 30.9. The molecule has 5 aliphatic rings. The van der Waals surface area contributed by atoms with E-state index in [-0.39, 0.29) is 66.2 Å². The van der Waals surface area contributed by atoms with Crippen molar-refractivity contribution in [2.45, 2.75) is 165 Å². The Balaban J connectivity index is 1.19. The fourth-order valence-corrected chi connectivity index (χ4v) is 11.6. The van der Waals surface area contributed by atoms with E-state index in [9.17, 15) is 19.5 Å². The van der Waals surface area contributed by atoms with Gasteiger partial charge in [0.15, 0.2) is 5.78 Å². The fourth-order valence-electron chi connectivity index (χ4n) is 11.6. The molecule has 5 heterocycles. The van der Waals surface area contributed by atoms with E-state index in [1.54, 1.807) is 6.92 Å². The molecule has 0 radical (unpaired) electrons. The first-order valence-electron chi connectivity index (χ1n) is 25.2. The van der Waals surface area contributed by atoms with E-state index in [0.717, 1.165) is 87.9 Å². The van der Waals surface area contributed by atoms with Gasteiger partial charge in [0.2, 0.25) is 0 Å². The van der Waals surface area contributed by atoms with Crippen LogP contribution in [0.3, 0.4) is 0 Å². The smallest absolute Gasteiger partial charge is 0.320 e. The van der Waals surface area contributed by atoms with Crippen molar-refractivity contribution in [1.29, 1.82) is 0 Å². The number of carbonyl (C=O) groups is 3. The summed E-state index contributed by atoms with van der Waals surface area (Å²) in [4.78, 5) is 44.0. The fraction of sp³-hybridized carbons (Fsp3) is 0.655. The predicted molar refractivity (Wildman–Crippen MR) is 262 cm³/mol. The minimum atomic E-state index is -0.985. The Morgan fingerprint density at radius 1 is 0.831 bits per heavy atom. The van der Waals surface area contributed by atoms with E-state index in [1.807, 2.05) is 13.0 Å². The van der Waals surface area contributed by atoms with Crippen molar-refractivity contribution in [2.24, 2.45) is 53.3 Å². The number of Topliss-reactive ketones (excluding diaryl/α,β-unsaturated/α-hetero) is 1. The van der Waals surface area contributed by atoms with Crippen LogP contribution in [-0.2, 0) is 19.1 Å². The maximum Gasteiger partial charge on any atom is 0.320 e. The van der Waals surface area contributed by atoms with E-state index in [0.29, 0.717) is 12.0 Å². The summed E-state index contributed by atoms with van der Waals surface area (Å²) in [5, 5.41) is 23.3. The predicted octanol–water partition coefficient (Wildman–Crippen LogP) is 11.8. The lowest BCUT2D eigenvalue weighted by Gasteiger charge is -2.27. The molecule has 5 N–H and O–H groups in total. The third-order valence-corrected chi connectivity index (χ3v) is 15.7. The van der Waals surface area contributed by atoms with Crippen molar-refractivity contribution >= 4 is 29.9 Å². The second kappa shape index (κ2) is 21.9. The second-order valence-electron chi connectivity index (χ2n) is 21.0. The maximum absolute atomic E-state index is 13.7. The first kappa shape index (κ1) is 50.0. The van der Waals surface area contributed by atoms with Crippen LogP contribution in [0.25, 0.3) is 12.2 Å². The van der Waals surface area contributed by atoms with Crippen molar-refractivity contribution in [1.82, 2.24) is 20.9 Å². The molecule has 3 fully saturated rings. The zero-order valence-electron chi connectivity index (χ0n) is 41.8. The highest BCUT2D eigenvalue weighted by Crippen LogP contribution is 2.51. The Morgan fingerprint density at radius 3 is 2.14 bits per heavy atom. The number of fused-ring (bicyclic) bond motifs is 8. The third kappa shape index (κ3) is 11.2. The molecular weight excluding hydrogens is 813 g/mol. The van der Waals surface area contributed by atoms with Gasteiger partial charge in [-0.15, -0.1) is 0 Å². The van der Waals surface area contributed by atoms with Gasteiger partial charge in [-0.3, -0.25) is 14.4 Å². The summed E-state index contributed by atoms with van der Waals surface area (Å²) in [5.41, 5.74) is 9.72. The number of ether oxygens (including phenoxy) is 2. The molecule has 8 bridgehead atoms. The van der Waals surface area contributed by atoms with Gasteiger partial charge in [0, 0.05) is 69.7 Å². The average molecular weight is 895 g/mol. The molecule has 3 saturated heterocycles. The Morgan fingerprint density at radius 2 is 1.49 bits per heavy atom. The number of allylic oxidation sites excluding steroid dienone is 5. The van der Waals surface area contributed by atoms with Crippen molar-refractivity contribution in [3.05, 3.63) is 79.9 Å². The molecule has 65 heavy (non-hydrogen) atoms. The minimum Gasteiger partial charge on any atom is -0.511 e. The highest BCUT2D eigenvalue weighted by molar-refractivity contribution is 6.00. The van der Waals surface area contributed by atoms with Crippen LogP contribution in [-0.4, -0.2) is 53.6 Å². The van der Waals surface area contributed by atoms with Gasteiger partial charge in [0.1, 0.15) is 18.3 Å². The molecule has 10 heteroatoms. The minimum absolute atomic E-state index is 0.00946.